The van der Waals surface area contributed by atoms with Crippen molar-refractivity contribution in [3.63, 3.8) is 0 Å². The van der Waals surface area contributed by atoms with Gasteiger partial charge in [0.1, 0.15) is 0 Å². The third-order valence-electron chi connectivity index (χ3n) is 4.99. The van der Waals surface area contributed by atoms with Crippen LogP contribution in [-0.4, -0.2) is 41.0 Å². The Hall–Kier alpha value is -2.94. The van der Waals surface area contributed by atoms with Crippen LogP contribution in [0.15, 0.2) is 36.7 Å². The summed E-state index contributed by atoms with van der Waals surface area (Å²) in [6.45, 7) is 4.08. The first-order valence-corrected chi connectivity index (χ1v) is 9.56. The number of rotatable bonds is 6. The van der Waals surface area contributed by atoms with Gasteiger partial charge in [-0.1, -0.05) is 13.0 Å². The van der Waals surface area contributed by atoms with Crippen LogP contribution in [0.5, 0.6) is 0 Å². The number of pyridine rings is 1. The van der Waals surface area contributed by atoms with E-state index >= 15 is 0 Å². The number of hydrogen-bond acceptors (Lipinski definition) is 4. The summed E-state index contributed by atoms with van der Waals surface area (Å²) in [7, 11) is 0. The zero-order valence-corrected chi connectivity index (χ0v) is 16.5. The van der Waals surface area contributed by atoms with E-state index in [1.807, 2.05) is 12.1 Å². The van der Waals surface area contributed by atoms with Gasteiger partial charge < -0.3 is 11.1 Å². The van der Waals surface area contributed by atoms with E-state index in [0.717, 1.165) is 23.9 Å². The molecule has 1 atom stereocenters. The van der Waals surface area contributed by atoms with Crippen LogP contribution in [0.2, 0.25) is 0 Å². The van der Waals surface area contributed by atoms with E-state index in [9.17, 15) is 22.8 Å². The summed E-state index contributed by atoms with van der Waals surface area (Å²) < 4.78 is 37.8. The molecule has 0 fully saturated rings. The van der Waals surface area contributed by atoms with Crippen LogP contribution in [0.1, 0.15) is 46.3 Å². The lowest BCUT2D eigenvalue weighted by atomic mass is 9.90. The largest absolute Gasteiger partial charge is 0.393 e. The number of hydrogen-bond donors (Lipinski definition) is 2. The van der Waals surface area contributed by atoms with Crippen molar-refractivity contribution >= 4 is 17.5 Å². The first kappa shape index (κ1) is 21.8. The highest BCUT2D eigenvalue weighted by Crippen LogP contribution is 2.30. The van der Waals surface area contributed by atoms with Crippen LogP contribution < -0.4 is 11.1 Å². The molecule has 1 aromatic carbocycles. The molecule has 0 spiro atoms. The first-order valence-electron chi connectivity index (χ1n) is 9.56. The molecule has 160 valence electrons. The van der Waals surface area contributed by atoms with Gasteiger partial charge in [0.25, 0.3) is 5.91 Å². The number of nitrogens with two attached hydrogens (primary N) is 1. The molecular formula is C21H23F3N4O2. The molecule has 1 aromatic heterocycles. The fraction of sp³-hybridized carbons (Fsp3) is 0.381. The average Bonchev–Trinajstić information content (AvgIpc) is 2.65. The van der Waals surface area contributed by atoms with Crippen molar-refractivity contribution in [2.45, 2.75) is 38.4 Å². The van der Waals surface area contributed by atoms with Gasteiger partial charge in [-0.3, -0.25) is 19.5 Å². The number of nitrogens with zero attached hydrogens (tertiary/aromatic N) is 2. The second-order valence-corrected chi connectivity index (χ2v) is 7.59. The van der Waals surface area contributed by atoms with Gasteiger partial charge in [-0.15, -0.1) is 0 Å². The number of aromatic nitrogens is 1. The highest BCUT2D eigenvalue weighted by Gasteiger charge is 2.28. The molecule has 2 amide bonds. The molecule has 2 aromatic rings. The Morgan fingerprint density at radius 2 is 2.03 bits per heavy atom. The van der Waals surface area contributed by atoms with E-state index in [4.69, 9.17) is 5.73 Å². The van der Waals surface area contributed by atoms with Gasteiger partial charge in [-0.05, 0) is 40.8 Å². The number of anilines is 1. The Morgan fingerprint density at radius 3 is 2.73 bits per heavy atom. The minimum atomic E-state index is -4.37. The van der Waals surface area contributed by atoms with Gasteiger partial charge in [-0.2, -0.15) is 13.2 Å². The summed E-state index contributed by atoms with van der Waals surface area (Å²) in [5.74, 6) is -0.619. The van der Waals surface area contributed by atoms with Crippen molar-refractivity contribution in [1.29, 1.82) is 0 Å². The number of benzene rings is 1. The molecule has 0 unspecified atom stereocenters. The summed E-state index contributed by atoms with van der Waals surface area (Å²) in [6.07, 6.45) is -2.89. The molecule has 3 rings (SSSR count). The van der Waals surface area contributed by atoms with E-state index in [-0.39, 0.29) is 29.4 Å². The van der Waals surface area contributed by atoms with E-state index in [1.54, 1.807) is 6.07 Å². The predicted octanol–water partition coefficient (Wildman–Crippen LogP) is 3.23. The topological polar surface area (TPSA) is 88.3 Å². The second kappa shape index (κ2) is 8.83. The van der Waals surface area contributed by atoms with Gasteiger partial charge in [0.05, 0.1) is 12.0 Å². The van der Waals surface area contributed by atoms with Crippen molar-refractivity contribution in [3.05, 3.63) is 58.9 Å². The molecule has 6 nitrogen and oxygen atoms in total. The Morgan fingerprint density at radius 1 is 1.27 bits per heavy atom. The number of amides is 2. The van der Waals surface area contributed by atoms with E-state index in [2.05, 4.69) is 22.1 Å². The van der Waals surface area contributed by atoms with Crippen molar-refractivity contribution in [2.75, 3.05) is 18.4 Å². The minimum Gasteiger partial charge on any atom is -0.370 e. The highest BCUT2D eigenvalue weighted by atomic mass is 19.4. The summed E-state index contributed by atoms with van der Waals surface area (Å²) in [4.78, 5) is 29.5. The predicted molar refractivity (Wildman–Crippen MR) is 106 cm³/mol. The fourth-order valence-electron chi connectivity index (χ4n) is 3.67. The Balaban J connectivity index is 1.72. The molecule has 0 radical (unpaired) electrons. The van der Waals surface area contributed by atoms with Crippen LogP contribution in [0.4, 0.5) is 18.9 Å². The summed E-state index contributed by atoms with van der Waals surface area (Å²) in [5, 5.41) is 2.73. The van der Waals surface area contributed by atoms with E-state index in [0.29, 0.717) is 18.8 Å². The molecule has 3 N–H and O–H groups in total. The maximum atomic E-state index is 12.6. The molecule has 2 heterocycles. The monoisotopic (exact) mass is 420 g/mol. The number of nitrogens with one attached hydrogen (secondary N) is 1. The molecule has 1 aliphatic heterocycles. The number of halogens is 3. The number of alkyl halides is 3. The molecule has 9 heteroatoms. The number of primary amides is 1. The Labute approximate surface area is 172 Å². The smallest absolute Gasteiger partial charge is 0.370 e. The number of carbonyl (C=O) groups is 2. The molecule has 0 aliphatic carbocycles. The van der Waals surface area contributed by atoms with Gasteiger partial charge in [0.2, 0.25) is 5.91 Å². The van der Waals surface area contributed by atoms with Crippen LogP contribution in [-0.2, 0) is 17.8 Å². The van der Waals surface area contributed by atoms with Crippen molar-refractivity contribution in [1.82, 2.24) is 9.88 Å². The normalized spacial score (nSPS) is 16.7. The summed E-state index contributed by atoms with van der Waals surface area (Å²) in [6, 6.07) is 6.77. The van der Waals surface area contributed by atoms with Crippen LogP contribution >= 0.6 is 0 Å². The molecule has 1 aliphatic rings. The lowest BCUT2D eigenvalue weighted by Gasteiger charge is -2.33. The Kier molecular flexibility index (Phi) is 6.40. The van der Waals surface area contributed by atoms with Crippen LogP contribution in [0.3, 0.4) is 0 Å². The quantitative estimate of drug-likeness (QED) is 0.751. The SMILES string of the molecule is C[C@H]1CN(CCC(N)=O)Cc2cc(NC(=O)c3cncc(CC(F)(F)F)c3)ccc21. The van der Waals surface area contributed by atoms with Gasteiger partial charge in [0.15, 0.2) is 0 Å². The zero-order valence-electron chi connectivity index (χ0n) is 16.5. The second-order valence-electron chi connectivity index (χ2n) is 7.59. The lowest BCUT2D eigenvalue weighted by Crippen LogP contribution is -2.35. The summed E-state index contributed by atoms with van der Waals surface area (Å²) >= 11 is 0. The van der Waals surface area contributed by atoms with E-state index in [1.165, 1.54) is 12.3 Å². The molecule has 30 heavy (non-hydrogen) atoms. The molecule has 0 saturated carbocycles. The molecule has 0 saturated heterocycles. The van der Waals surface area contributed by atoms with Crippen molar-refractivity contribution in [2.24, 2.45) is 5.73 Å². The van der Waals surface area contributed by atoms with Gasteiger partial charge in [0, 0.05) is 44.1 Å². The first-order chi connectivity index (χ1) is 14.1. The number of carbonyl (C=O) groups excluding carboxylic acids is 2. The van der Waals surface area contributed by atoms with E-state index < -0.39 is 18.5 Å². The maximum Gasteiger partial charge on any atom is 0.393 e. The van der Waals surface area contributed by atoms with Crippen LogP contribution in [0.25, 0.3) is 0 Å². The molecule has 0 bridgehead atoms. The maximum absolute atomic E-state index is 12.6. The standard InChI is InChI=1S/C21H23F3N4O2/c1-13-11-28(5-4-19(25)29)12-16-7-17(2-3-18(13)16)27-20(30)15-6-14(9-26-10-15)8-21(22,23)24/h2-3,6-7,9-10,13H,4-5,8,11-12H2,1H3,(H2,25,29)(H,27,30)/t13-/m0/s1. The number of fused-ring (bicyclic) bond motifs is 1. The zero-order chi connectivity index (χ0) is 21.9. The van der Waals surface area contributed by atoms with Crippen LogP contribution in [0, 0.1) is 0 Å². The van der Waals surface area contributed by atoms with Gasteiger partial charge in [-0.25, -0.2) is 0 Å². The van der Waals surface area contributed by atoms with Crippen molar-refractivity contribution < 1.29 is 22.8 Å². The third kappa shape index (κ3) is 5.79. The third-order valence-corrected chi connectivity index (χ3v) is 4.99. The molecular weight excluding hydrogens is 397 g/mol. The van der Waals surface area contributed by atoms with Gasteiger partial charge >= 0.3 is 6.18 Å². The highest BCUT2D eigenvalue weighted by molar-refractivity contribution is 6.04. The van der Waals surface area contributed by atoms with Crippen molar-refractivity contribution in [3.8, 4) is 0 Å². The summed E-state index contributed by atoms with van der Waals surface area (Å²) in [5.41, 5.74) is 7.97. The minimum absolute atomic E-state index is 0.0610. The lowest BCUT2D eigenvalue weighted by molar-refractivity contribution is -0.127. The Bertz CT molecular complexity index is 946. The average molecular weight is 420 g/mol. The fourth-order valence-corrected chi connectivity index (χ4v) is 3.67.